The van der Waals surface area contributed by atoms with Crippen molar-refractivity contribution in [2.75, 3.05) is 28.6 Å². The van der Waals surface area contributed by atoms with Crippen molar-refractivity contribution in [2.24, 2.45) is 0 Å². The van der Waals surface area contributed by atoms with E-state index >= 15 is 0 Å². The molecule has 2 heterocycles. The average molecular weight is 387 g/mol. The molecule has 2 aromatic carbocycles. The highest BCUT2D eigenvalue weighted by molar-refractivity contribution is 6.04. The second-order valence-corrected chi connectivity index (χ2v) is 7.38. The summed E-state index contributed by atoms with van der Waals surface area (Å²) in [6.45, 7) is 6.20. The summed E-state index contributed by atoms with van der Waals surface area (Å²) in [4.78, 5) is 23.5. The topological polar surface area (TPSA) is 70.2 Å². The summed E-state index contributed by atoms with van der Waals surface area (Å²) in [5.41, 5.74) is 5.46. The summed E-state index contributed by atoms with van der Waals surface area (Å²) in [5.74, 6) is 0.242. The molecule has 1 saturated heterocycles. The first kappa shape index (κ1) is 18.9. The van der Waals surface area contributed by atoms with Crippen LogP contribution in [0.2, 0.25) is 0 Å². The van der Waals surface area contributed by atoms with Gasteiger partial charge in [-0.3, -0.25) is 4.79 Å². The molecule has 1 aromatic heterocycles. The molecule has 0 saturated carbocycles. The molecule has 1 aliphatic heterocycles. The molecule has 148 valence electrons. The van der Waals surface area contributed by atoms with Gasteiger partial charge in [-0.15, -0.1) is 0 Å². The number of anilines is 4. The van der Waals surface area contributed by atoms with E-state index in [0.717, 1.165) is 35.6 Å². The first-order chi connectivity index (χ1) is 14.1. The lowest BCUT2D eigenvalue weighted by molar-refractivity contribution is 0.102. The number of hydrogen-bond donors (Lipinski definition) is 2. The fourth-order valence-corrected chi connectivity index (χ4v) is 3.57. The molecule has 0 atom stereocenters. The van der Waals surface area contributed by atoms with Gasteiger partial charge in [-0.1, -0.05) is 18.2 Å². The lowest BCUT2D eigenvalue weighted by Gasteiger charge is -2.17. The zero-order chi connectivity index (χ0) is 20.2. The Labute approximate surface area is 171 Å². The number of para-hydroxylation sites is 1. The number of rotatable bonds is 5. The molecule has 6 heteroatoms. The number of benzene rings is 2. The van der Waals surface area contributed by atoms with Gasteiger partial charge < -0.3 is 15.5 Å². The molecule has 2 N–H and O–H groups in total. The third-order valence-electron chi connectivity index (χ3n) is 5.23. The van der Waals surface area contributed by atoms with Gasteiger partial charge in [0.05, 0.1) is 5.56 Å². The maximum atomic E-state index is 12.5. The number of carbonyl (C=O) groups is 1. The normalized spacial score (nSPS) is 13.4. The van der Waals surface area contributed by atoms with E-state index in [4.69, 9.17) is 0 Å². The molecule has 0 spiro atoms. The van der Waals surface area contributed by atoms with E-state index < -0.39 is 0 Å². The lowest BCUT2D eigenvalue weighted by Crippen LogP contribution is -2.17. The van der Waals surface area contributed by atoms with Crippen LogP contribution in [0.5, 0.6) is 0 Å². The van der Waals surface area contributed by atoms with E-state index in [9.17, 15) is 4.79 Å². The Morgan fingerprint density at radius 2 is 1.55 bits per heavy atom. The van der Waals surface area contributed by atoms with Crippen LogP contribution in [-0.2, 0) is 0 Å². The minimum Gasteiger partial charge on any atom is -0.372 e. The van der Waals surface area contributed by atoms with Gasteiger partial charge >= 0.3 is 0 Å². The minimum absolute atomic E-state index is 0.219. The van der Waals surface area contributed by atoms with E-state index in [1.165, 1.54) is 30.9 Å². The molecule has 1 amide bonds. The van der Waals surface area contributed by atoms with Crippen molar-refractivity contribution in [1.82, 2.24) is 9.97 Å². The molecule has 6 nitrogen and oxygen atoms in total. The Bertz CT molecular complexity index is 973. The molecule has 0 bridgehead atoms. The summed E-state index contributed by atoms with van der Waals surface area (Å²) in [6, 6.07) is 14.2. The second kappa shape index (κ2) is 8.31. The number of aromatic nitrogens is 2. The third-order valence-corrected chi connectivity index (χ3v) is 5.23. The van der Waals surface area contributed by atoms with Crippen molar-refractivity contribution >= 4 is 28.9 Å². The van der Waals surface area contributed by atoms with Crippen molar-refractivity contribution < 1.29 is 4.79 Å². The number of amides is 1. The molecule has 1 fully saturated rings. The van der Waals surface area contributed by atoms with E-state index in [1.54, 1.807) is 0 Å². The number of nitrogens with one attached hydrogen (secondary N) is 2. The summed E-state index contributed by atoms with van der Waals surface area (Å²) < 4.78 is 0. The molecular formula is C23H25N5O. The van der Waals surface area contributed by atoms with E-state index in [-0.39, 0.29) is 5.91 Å². The Morgan fingerprint density at radius 1 is 0.931 bits per heavy atom. The number of hydrogen-bond acceptors (Lipinski definition) is 5. The summed E-state index contributed by atoms with van der Waals surface area (Å²) >= 11 is 0. The van der Waals surface area contributed by atoms with Gasteiger partial charge in [0.2, 0.25) is 5.95 Å². The van der Waals surface area contributed by atoms with Crippen molar-refractivity contribution in [1.29, 1.82) is 0 Å². The van der Waals surface area contributed by atoms with Crippen LogP contribution in [0, 0.1) is 13.8 Å². The highest BCUT2D eigenvalue weighted by atomic mass is 16.1. The maximum absolute atomic E-state index is 12.5. The van der Waals surface area contributed by atoms with Crippen LogP contribution >= 0.6 is 0 Å². The van der Waals surface area contributed by atoms with Crippen molar-refractivity contribution in [3.8, 4) is 0 Å². The molecule has 4 rings (SSSR count). The molecule has 0 unspecified atom stereocenters. The Morgan fingerprint density at radius 3 is 2.17 bits per heavy atom. The summed E-state index contributed by atoms with van der Waals surface area (Å²) in [5, 5.41) is 6.14. The SMILES string of the molecule is Cc1cccc(C)c1NC(=O)c1cnc(Nc2ccc(N3CCCC3)cc2)nc1. The summed E-state index contributed by atoms with van der Waals surface area (Å²) in [6.07, 6.45) is 5.60. The monoisotopic (exact) mass is 387 g/mol. The van der Waals surface area contributed by atoms with Gasteiger partial charge in [0, 0.05) is 42.5 Å². The Hall–Kier alpha value is -3.41. The second-order valence-electron chi connectivity index (χ2n) is 7.38. The smallest absolute Gasteiger partial charge is 0.258 e. The Kier molecular flexibility index (Phi) is 5.42. The fourth-order valence-electron chi connectivity index (χ4n) is 3.57. The molecule has 1 aliphatic rings. The highest BCUT2D eigenvalue weighted by Crippen LogP contribution is 2.23. The fraction of sp³-hybridized carbons (Fsp3) is 0.261. The maximum Gasteiger partial charge on any atom is 0.258 e. The standard InChI is InChI=1S/C23H25N5O/c1-16-6-5-7-17(2)21(16)27-22(29)18-14-24-23(25-15-18)26-19-8-10-20(11-9-19)28-12-3-4-13-28/h5-11,14-15H,3-4,12-13H2,1-2H3,(H,27,29)(H,24,25,26). The van der Waals surface area contributed by atoms with Crippen LogP contribution in [0.25, 0.3) is 0 Å². The van der Waals surface area contributed by atoms with Gasteiger partial charge in [0.25, 0.3) is 5.91 Å². The molecule has 29 heavy (non-hydrogen) atoms. The average Bonchev–Trinajstić information content (AvgIpc) is 3.27. The highest BCUT2D eigenvalue weighted by Gasteiger charge is 2.13. The molecule has 0 aliphatic carbocycles. The first-order valence-corrected chi connectivity index (χ1v) is 9.92. The van der Waals surface area contributed by atoms with Crippen molar-refractivity contribution in [3.05, 3.63) is 71.5 Å². The van der Waals surface area contributed by atoms with Crippen LogP contribution < -0.4 is 15.5 Å². The summed E-state index contributed by atoms with van der Waals surface area (Å²) in [7, 11) is 0. The molecule has 3 aromatic rings. The van der Waals surface area contributed by atoms with Crippen LogP contribution in [0.3, 0.4) is 0 Å². The van der Waals surface area contributed by atoms with Gasteiger partial charge in [-0.05, 0) is 62.1 Å². The Balaban J connectivity index is 1.40. The number of carbonyl (C=O) groups excluding carboxylic acids is 1. The largest absolute Gasteiger partial charge is 0.372 e. The van der Waals surface area contributed by atoms with Gasteiger partial charge in [0.1, 0.15) is 0 Å². The number of aryl methyl sites for hydroxylation is 2. The van der Waals surface area contributed by atoms with E-state index in [1.807, 2.05) is 44.2 Å². The van der Waals surface area contributed by atoms with Crippen LogP contribution in [0.1, 0.15) is 34.3 Å². The molecule has 0 radical (unpaired) electrons. The first-order valence-electron chi connectivity index (χ1n) is 9.92. The molecular weight excluding hydrogens is 362 g/mol. The zero-order valence-electron chi connectivity index (χ0n) is 16.8. The van der Waals surface area contributed by atoms with Crippen LogP contribution in [-0.4, -0.2) is 29.0 Å². The van der Waals surface area contributed by atoms with Gasteiger partial charge in [0.15, 0.2) is 0 Å². The van der Waals surface area contributed by atoms with Crippen molar-refractivity contribution in [2.45, 2.75) is 26.7 Å². The number of nitrogens with zero attached hydrogens (tertiary/aromatic N) is 3. The lowest BCUT2D eigenvalue weighted by atomic mass is 10.1. The predicted octanol–water partition coefficient (Wildman–Crippen LogP) is 4.69. The predicted molar refractivity (Wildman–Crippen MR) is 117 cm³/mol. The zero-order valence-corrected chi connectivity index (χ0v) is 16.8. The van der Waals surface area contributed by atoms with E-state index in [0.29, 0.717) is 11.5 Å². The van der Waals surface area contributed by atoms with Crippen LogP contribution in [0.4, 0.5) is 23.0 Å². The van der Waals surface area contributed by atoms with Gasteiger partial charge in [-0.2, -0.15) is 0 Å². The van der Waals surface area contributed by atoms with E-state index in [2.05, 4.69) is 37.6 Å². The third kappa shape index (κ3) is 4.37. The minimum atomic E-state index is -0.219. The van der Waals surface area contributed by atoms with Crippen LogP contribution in [0.15, 0.2) is 54.9 Å². The quantitative estimate of drug-likeness (QED) is 0.665. The van der Waals surface area contributed by atoms with Crippen molar-refractivity contribution in [3.63, 3.8) is 0 Å². The van der Waals surface area contributed by atoms with Gasteiger partial charge in [-0.25, -0.2) is 9.97 Å².